The topological polar surface area (TPSA) is 20.2 Å². The Kier molecular flexibility index (Phi) is 3.26. The van der Waals surface area contributed by atoms with Crippen LogP contribution in [-0.2, 0) is 6.42 Å². The summed E-state index contributed by atoms with van der Waals surface area (Å²) in [6, 6.07) is 10.2. The van der Waals surface area contributed by atoms with Crippen molar-refractivity contribution in [1.29, 1.82) is 0 Å². The van der Waals surface area contributed by atoms with E-state index in [4.69, 9.17) is 0 Å². The molecule has 1 heteroatoms. The highest BCUT2D eigenvalue weighted by Crippen LogP contribution is 2.05. The Bertz CT molecular complexity index is 267. The van der Waals surface area contributed by atoms with E-state index in [-0.39, 0.29) is 0 Å². The molecule has 0 saturated heterocycles. The molecule has 1 aromatic rings. The predicted octanol–water partition coefficient (Wildman–Crippen LogP) is 2.56. The van der Waals surface area contributed by atoms with Crippen molar-refractivity contribution in [3.8, 4) is 0 Å². The van der Waals surface area contributed by atoms with Crippen molar-refractivity contribution in [2.75, 3.05) is 0 Å². The van der Waals surface area contributed by atoms with Crippen LogP contribution in [0.4, 0.5) is 0 Å². The Hall–Kier alpha value is -1.08. The zero-order valence-electron chi connectivity index (χ0n) is 8.20. The quantitative estimate of drug-likeness (QED) is 0.702. The second-order valence-electron chi connectivity index (χ2n) is 3.75. The maximum atomic E-state index is 9.41. The fourth-order valence-electron chi connectivity index (χ4n) is 1.10. The number of hydrogen-bond donors (Lipinski definition) is 1. The molecular weight excluding hydrogens is 160 g/mol. The van der Waals surface area contributed by atoms with Crippen molar-refractivity contribution < 1.29 is 5.11 Å². The predicted molar refractivity (Wildman–Crippen MR) is 55.6 cm³/mol. The lowest BCUT2D eigenvalue weighted by Gasteiger charge is -2.09. The number of hydrogen-bond acceptors (Lipinski definition) is 1. The summed E-state index contributed by atoms with van der Waals surface area (Å²) in [6.45, 7) is 3.54. The first-order chi connectivity index (χ1) is 6.08. The maximum Gasteiger partial charge on any atom is 0.0771 e. The van der Waals surface area contributed by atoms with Crippen molar-refractivity contribution >= 4 is 0 Å². The molecule has 1 aromatic carbocycles. The standard InChI is InChI=1S/C12H16O/c1-12(2,13)10-6-9-11-7-4-3-5-8-11/h3-8,10,13H,9H2,1-2H3/b10-6-. The van der Waals surface area contributed by atoms with Gasteiger partial charge in [0.1, 0.15) is 0 Å². The van der Waals surface area contributed by atoms with Gasteiger partial charge in [-0.3, -0.25) is 0 Å². The number of rotatable bonds is 3. The van der Waals surface area contributed by atoms with Gasteiger partial charge in [-0.25, -0.2) is 0 Å². The summed E-state index contributed by atoms with van der Waals surface area (Å²) in [5.74, 6) is 0. The highest BCUT2D eigenvalue weighted by molar-refractivity contribution is 5.18. The van der Waals surface area contributed by atoms with Crippen molar-refractivity contribution in [3.05, 3.63) is 48.0 Å². The highest BCUT2D eigenvalue weighted by atomic mass is 16.3. The first-order valence-corrected chi connectivity index (χ1v) is 4.52. The molecular formula is C12H16O. The SMILES string of the molecule is CC(C)(O)/C=C\Cc1ccccc1. The third-order valence-electron chi connectivity index (χ3n) is 1.72. The molecule has 0 atom stereocenters. The van der Waals surface area contributed by atoms with Gasteiger partial charge in [0.15, 0.2) is 0 Å². The summed E-state index contributed by atoms with van der Waals surface area (Å²) in [6.07, 6.45) is 4.69. The molecule has 0 fully saturated rings. The van der Waals surface area contributed by atoms with E-state index in [0.717, 1.165) is 6.42 Å². The molecule has 0 unspecified atom stereocenters. The fourth-order valence-corrected chi connectivity index (χ4v) is 1.10. The van der Waals surface area contributed by atoms with E-state index in [1.807, 2.05) is 30.4 Å². The second kappa shape index (κ2) is 4.24. The molecule has 1 rings (SSSR count). The monoisotopic (exact) mass is 176 g/mol. The number of benzene rings is 1. The minimum atomic E-state index is -0.700. The van der Waals surface area contributed by atoms with Crippen molar-refractivity contribution in [1.82, 2.24) is 0 Å². The van der Waals surface area contributed by atoms with E-state index in [0.29, 0.717) is 0 Å². The molecule has 0 radical (unpaired) electrons. The molecule has 1 N–H and O–H groups in total. The largest absolute Gasteiger partial charge is 0.386 e. The third kappa shape index (κ3) is 4.48. The van der Waals surface area contributed by atoms with Gasteiger partial charge in [-0.05, 0) is 25.8 Å². The lowest BCUT2D eigenvalue weighted by molar-refractivity contribution is 0.133. The van der Waals surface area contributed by atoms with Gasteiger partial charge in [0.05, 0.1) is 5.60 Å². The van der Waals surface area contributed by atoms with Crippen LogP contribution in [0.15, 0.2) is 42.5 Å². The number of allylic oxidation sites excluding steroid dienone is 1. The van der Waals surface area contributed by atoms with Crippen LogP contribution in [-0.4, -0.2) is 10.7 Å². The molecule has 0 saturated carbocycles. The zero-order chi connectivity index (χ0) is 9.73. The molecule has 0 heterocycles. The molecule has 0 spiro atoms. The van der Waals surface area contributed by atoms with E-state index in [2.05, 4.69) is 12.1 Å². The summed E-state index contributed by atoms with van der Waals surface area (Å²) < 4.78 is 0. The van der Waals surface area contributed by atoms with Crippen LogP contribution in [0.2, 0.25) is 0 Å². The third-order valence-corrected chi connectivity index (χ3v) is 1.72. The van der Waals surface area contributed by atoms with E-state index in [1.54, 1.807) is 13.8 Å². The van der Waals surface area contributed by atoms with Crippen LogP contribution in [0.3, 0.4) is 0 Å². The second-order valence-corrected chi connectivity index (χ2v) is 3.75. The average Bonchev–Trinajstić information content (AvgIpc) is 2.04. The van der Waals surface area contributed by atoms with Crippen molar-refractivity contribution in [2.45, 2.75) is 25.9 Å². The average molecular weight is 176 g/mol. The Morgan fingerprint density at radius 2 is 1.85 bits per heavy atom. The van der Waals surface area contributed by atoms with Crippen LogP contribution >= 0.6 is 0 Å². The van der Waals surface area contributed by atoms with Crippen LogP contribution < -0.4 is 0 Å². The molecule has 0 aliphatic carbocycles. The van der Waals surface area contributed by atoms with E-state index >= 15 is 0 Å². The van der Waals surface area contributed by atoms with Gasteiger partial charge >= 0.3 is 0 Å². The summed E-state index contributed by atoms with van der Waals surface area (Å²) in [7, 11) is 0. The van der Waals surface area contributed by atoms with E-state index in [1.165, 1.54) is 5.56 Å². The van der Waals surface area contributed by atoms with Crippen molar-refractivity contribution in [2.24, 2.45) is 0 Å². The lowest BCUT2D eigenvalue weighted by atomic mass is 10.1. The van der Waals surface area contributed by atoms with Gasteiger partial charge in [0.2, 0.25) is 0 Å². The first-order valence-electron chi connectivity index (χ1n) is 4.52. The van der Waals surface area contributed by atoms with Crippen LogP contribution in [0.5, 0.6) is 0 Å². The summed E-state index contributed by atoms with van der Waals surface area (Å²) in [5.41, 5.74) is 0.567. The van der Waals surface area contributed by atoms with Gasteiger partial charge in [-0.2, -0.15) is 0 Å². The Morgan fingerprint density at radius 3 is 2.38 bits per heavy atom. The first kappa shape index (κ1) is 10.0. The maximum absolute atomic E-state index is 9.41. The summed E-state index contributed by atoms with van der Waals surface area (Å²) >= 11 is 0. The van der Waals surface area contributed by atoms with Gasteiger partial charge in [0.25, 0.3) is 0 Å². The molecule has 13 heavy (non-hydrogen) atoms. The molecule has 0 aromatic heterocycles. The minimum Gasteiger partial charge on any atom is -0.386 e. The molecule has 0 amide bonds. The van der Waals surface area contributed by atoms with Gasteiger partial charge in [-0.1, -0.05) is 42.5 Å². The molecule has 0 bridgehead atoms. The van der Waals surface area contributed by atoms with Crippen LogP contribution in [0, 0.1) is 0 Å². The van der Waals surface area contributed by atoms with E-state index in [9.17, 15) is 5.11 Å². The Balaban J connectivity index is 2.49. The minimum absolute atomic E-state index is 0.700. The molecule has 1 nitrogen and oxygen atoms in total. The van der Waals surface area contributed by atoms with Gasteiger partial charge < -0.3 is 5.11 Å². The lowest BCUT2D eigenvalue weighted by Crippen LogP contribution is -2.13. The molecule has 0 aliphatic heterocycles. The van der Waals surface area contributed by atoms with Crippen LogP contribution in [0.25, 0.3) is 0 Å². The zero-order valence-corrected chi connectivity index (χ0v) is 8.20. The summed E-state index contributed by atoms with van der Waals surface area (Å²) in [5, 5.41) is 9.41. The Labute approximate surface area is 79.7 Å². The van der Waals surface area contributed by atoms with Crippen LogP contribution in [0.1, 0.15) is 19.4 Å². The summed E-state index contributed by atoms with van der Waals surface area (Å²) in [4.78, 5) is 0. The van der Waals surface area contributed by atoms with Crippen molar-refractivity contribution in [3.63, 3.8) is 0 Å². The molecule has 0 aliphatic rings. The molecule has 70 valence electrons. The smallest absolute Gasteiger partial charge is 0.0771 e. The number of aliphatic hydroxyl groups is 1. The normalized spacial score (nSPS) is 12.2. The van der Waals surface area contributed by atoms with E-state index < -0.39 is 5.60 Å². The highest BCUT2D eigenvalue weighted by Gasteiger charge is 2.04. The van der Waals surface area contributed by atoms with Gasteiger partial charge in [-0.15, -0.1) is 0 Å². The van der Waals surface area contributed by atoms with Gasteiger partial charge in [0, 0.05) is 0 Å². The fraction of sp³-hybridized carbons (Fsp3) is 0.333. The Morgan fingerprint density at radius 1 is 1.23 bits per heavy atom.